The van der Waals surface area contributed by atoms with Gasteiger partial charge < -0.3 is 10.2 Å². The van der Waals surface area contributed by atoms with E-state index in [1.165, 1.54) is 16.0 Å². The van der Waals surface area contributed by atoms with Gasteiger partial charge in [0.1, 0.15) is 11.0 Å². The Morgan fingerprint density at radius 2 is 1.82 bits per heavy atom. The summed E-state index contributed by atoms with van der Waals surface area (Å²) in [6, 6.07) is 11.8. The maximum Gasteiger partial charge on any atom is 0.419 e. The van der Waals surface area contributed by atoms with E-state index in [0.717, 1.165) is 17.7 Å². The van der Waals surface area contributed by atoms with Gasteiger partial charge in [0.15, 0.2) is 0 Å². The van der Waals surface area contributed by atoms with Crippen LogP contribution in [0.25, 0.3) is 6.08 Å². The van der Waals surface area contributed by atoms with E-state index in [0.29, 0.717) is 42.1 Å². The van der Waals surface area contributed by atoms with Gasteiger partial charge in [-0.15, -0.1) is 0 Å². The van der Waals surface area contributed by atoms with E-state index in [2.05, 4.69) is 10.3 Å². The summed E-state index contributed by atoms with van der Waals surface area (Å²) in [6.45, 7) is 1.70. The van der Waals surface area contributed by atoms with Gasteiger partial charge in [-0.3, -0.25) is 4.90 Å². The third-order valence-electron chi connectivity index (χ3n) is 7.45. The second kappa shape index (κ2) is 11.4. The first-order valence-electron chi connectivity index (χ1n) is 12.8. The molecule has 0 saturated carbocycles. The fourth-order valence-electron chi connectivity index (χ4n) is 5.44. The molecule has 0 radical (unpaired) electrons. The van der Waals surface area contributed by atoms with Crippen LogP contribution in [0, 0.1) is 5.82 Å². The lowest BCUT2D eigenvalue weighted by atomic mass is 9.74. The second-order valence-electron chi connectivity index (χ2n) is 10.1. The Bertz CT molecular complexity index is 1420. The van der Waals surface area contributed by atoms with Crippen molar-refractivity contribution in [2.24, 2.45) is 0 Å². The molecule has 0 aliphatic carbocycles. The van der Waals surface area contributed by atoms with Gasteiger partial charge in [-0.1, -0.05) is 47.5 Å². The number of hydrogen-bond donors (Lipinski definition) is 1. The van der Waals surface area contributed by atoms with Crippen LogP contribution in [0.1, 0.15) is 35.1 Å². The standard InChI is InChI=1S/C29H26Cl2F4N4O/c30-21-5-3-19(4-6-21)2-1-13-38(17-20-7-10-37-26(31)14-20)27(40)39-18-28(8-11-36-12-9-28)23-15-24(32)22(16-25(23)39)29(33,34)35/h1-7,10,14-16,36H,8-9,11-13,17-18H2. The Balaban J connectivity index is 1.51. The highest BCUT2D eigenvalue weighted by atomic mass is 35.5. The van der Waals surface area contributed by atoms with Gasteiger partial charge in [0.2, 0.25) is 0 Å². The first kappa shape index (κ1) is 28.4. The number of fused-ring (bicyclic) bond motifs is 2. The molecule has 0 unspecified atom stereocenters. The van der Waals surface area contributed by atoms with Crippen LogP contribution in [-0.2, 0) is 18.1 Å². The predicted octanol–water partition coefficient (Wildman–Crippen LogP) is 7.32. The van der Waals surface area contributed by atoms with E-state index < -0.39 is 29.0 Å². The molecule has 1 fully saturated rings. The van der Waals surface area contributed by atoms with Gasteiger partial charge in [-0.25, -0.2) is 14.2 Å². The number of pyridine rings is 1. The summed E-state index contributed by atoms with van der Waals surface area (Å²) in [6.07, 6.45) is 1.41. The number of anilines is 1. The van der Waals surface area contributed by atoms with Crippen LogP contribution in [-0.4, -0.2) is 42.1 Å². The molecule has 1 N–H and O–H groups in total. The number of nitrogens with one attached hydrogen (secondary N) is 1. The lowest BCUT2D eigenvalue weighted by Crippen LogP contribution is -2.47. The van der Waals surface area contributed by atoms with E-state index in [1.807, 2.05) is 18.2 Å². The molecule has 3 heterocycles. The monoisotopic (exact) mass is 592 g/mol. The van der Waals surface area contributed by atoms with E-state index in [4.69, 9.17) is 23.2 Å². The summed E-state index contributed by atoms with van der Waals surface area (Å²) in [5.74, 6) is -1.33. The minimum absolute atomic E-state index is 0.0973. The number of alkyl halides is 3. The Morgan fingerprint density at radius 1 is 1.10 bits per heavy atom. The van der Waals surface area contributed by atoms with Gasteiger partial charge in [-0.05, 0) is 79.0 Å². The highest BCUT2D eigenvalue weighted by Crippen LogP contribution is 2.49. The summed E-state index contributed by atoms with van der Waals surface area (Å²) in [5, 5.41) is 4.10. The maximum atomic E-state index is 14.8. The molecule has 2 aliphatic heterocycles. The lowest BCUT2D eigenvalue weighted by Gasteiger charge is -2.35. The van der Waals surface area contributed by atoms with Crippen LogP contribution in [0.15, 0.2) is 60.8 Å². The smallest absolute Gasteiger partial charge is 0.317 e. The summed E-state index contributed by atoms with van der Waals surface area (Å²) in [7, 11) is 0. The Kier molecular flexibility index (Phi) is 8.08. The van der Waals surface area contributed by atoms with Crippen LogP contribution in [0.5, 0.6) is 0 Å². The van der Waals surface area contributed by atoms with Crippen LogP contribution in [0.2, 0.25) is 10.2 Å². The third-order valence-corrected chi connectivity index (χ3v) is 7.90. The average Bonchev–Trinajstić information content (AvgIpc) is 3.20. The number of amides is 2. The molecule has 2 amide bonds. The van der Waals surface area contributed by atoms with Crippen molar-refractivity contribution in [2.45, 2.75) is 31.0 Å². The molecule has 0 atom stereocenters. The summed E-state index contributed by atoms with van der Waals surface area (Å²) in [4.78, 5) is 21.0. The van der Waals surface area contributed by atoms with Crippen molar-refractivity contribution in [3.63, 3.8) is 0 Å². The van der Waals surface area contributed by atoms with Crippen LogP contribution in [0.3, 0.4) is 0 Å². The van der Waals surface area contributed by atoms with Gasteiger partial charge in [0, 0.05) is 36.3 Å². The molecule has 0 bridgehead atoms. The molecule has 5 rings (SSSR count). The summed E-state index contributed by atoms with van der Waals surface area (Å²) < 4.78 is 55.9. The van der Waals surface area contributed by atoms with E-state index in [1.54, 1.807) is 30.3 Å². The topological polar surface area (TPSA) is 48.5 Å². The number of urea groups is 1. The minimum atomic E-state index is -4.90. The fraction of sp³-hybridized carbons (Fsp3) is 0.310. The van der Waals surface area contributed by atoms with Crippen LogP contribution >= 0.6 is 23.2 Å². The molecule has 2 aromatic carbocycles. The third kappa shape index (κ3) is 5.96. The number of halogens is 6. The molecular weight excluding hydrogens is 567 g/mol. The summed E-state index contributed by atoms with van der Waals surface area (Å²) >= 11 is 12.0. The molecule has 11 heteroatoms. The Hall–Kier alpha value is -3.14. The first-order valence-corrected chi connectivity index (χ1v) is 13.5. The van der Waals surface area contributed by atoms with Crippen molar-refractivity contribution in [3.8, 4) is 0 Å². The largest absolute Gasteiger partial charge is 0.419 e. The zero-order valence-electron chi connectivity index (χ0n) is 21.3. The normalized spacial score (nSPS) is 16.5. The van der Waals surface area contributed by atoms with Crippen molar-refractivity contribution in [1.82, 2.24) is 15.2 Å². The maximum absolute atomic E-state index is 14.8. The van der Waals surface area contributed by atoms with E-state index in [-0.39, 0.29) is 30.5 Å². The molecule has 2 aliphatic rings. The molecular formula is C29H26Cl2F4N4O. The fourth-order valence-corrected chi connectivity index (χ4v) is 5.76. The van der Waals surface area contributed by atoms with Crippen molar-refractivity contribution < 1.29 is 22.4 Å². The molecule has 1 saturated heterocycles. The number of benzene rings is 2. The van der Waals surface area contributed by atoms with Crippen molar-refractivity contribution >= 4 is 41.0 Å². The zero-order chi connectivity index (χ0) is 28.5. The molecule has 210 valence electrons. The van der Waals surface area contributed by atoms with E-state index >= 15 is 0 Å². The molecule has 5 nitrogen and oxygen atoms in total. The van der Waals surface area contributed by atoms with Gasteiger partial charge in [-0.2, -0.15) is 13.2 Å². The predicted molar refractivity (Wildman–Crippen MR) is 148 cm³/mol. The first-order chi connectivity index (χ1) is 19.1. The minimum Gasteiger partial charge on any atom is -0.317 e. The van der Waals surface area contributed by atoms with Crippen molar-refractivity contribution in [1.29, 1.82) is 0 Å². The number of rotatable bonds is 5. The lowest BCUT2D eigenvalue weighted by molar-refractivity contribution is -0.139. The second-order valence-corrected chi connectivity index (χ2v) is 10.9. The quantitative estimate of drug-likeness (QED) is 0.249. The van der Waals surface area contributed by atoms with Crippen LogP contribution in [0.4, 0.5) is 28.0 Å². The molecule has 1 aromatic heterocycles. The van der Waals surface area contributed by atoms with E-state index in [9.17, 15) is 22.4 Å². The van der Waals surface area contributed by atoms with Gasteiger partial charge >= 0.3 is 12.2 Å². The molecule has 40 heavy (non-hydrogen) atoms. The van der Waals surface area contributed by atoms with Gasteiger partial charge in [0.25, 0.3) is 0 Å². The summed E-state index contributed by atoms with van der Waals surface area (Å²) in [5.41, 5.74) is 0.0987. The zero-order valence-corrected chi connectivity index (χ0v) is 22.8. The van der Waals surface area contributed by atoms with Crippen molar-refractivity contribution in [3.05, 3.63) is 99.1 Å². The highest BCUT2D eigenvalue weighted by Gasteiger charge is 2.48. The highest BCUT2D eigenvalue weighted by molar-refractivity contribution is 6.30. The number of piperidine rings is 1. The molecule has 3 aromatic rings. The Morgan fingerprint density at radius 3 is 2.50 bits per heavy atom. The molecule has 1 spiro atoms. The number of nitrogens with zero attached hydrogens (tertiary/aromatic N) is 3. The number of carbonyl (C=O) groups is 1. The van der Waals surface area contributed by atoms with Crippen LogP contribution < -0.4 is 10.2 Å². The number of carbonyl (C=O) groups excluding carboxylic acids is 1. The number of hydrogen-bond acceptors (Lipinski definition) is 3. The number of aromatic nitrogens is 1. The SMILES string of the molecule is O=C(N(CC=Cc1ccc(Cl)cc1)Cc1ccnc(Cl)c1)N1CC2(CCNCC2)c2cc(F)c(C(F)(F)F)cc21. The van der Waals surface area contributed by atoms with Crippen molar-refractivity contribution in [2.75, 3.05) is 31.1 Å². The van der Waals surface area contributed by atoms with Gasteiger partial charge in [0.05, 0.1) is 11.3 Å². The average molecular weight is 593 g/mol. The Labute approximate surface area is 239 Å².